The molecule has 3 rings (SSSR count). The Bertz CT molecular complexity index is 592. The highest BCUT2D eigenvalue weighted by Gasteiger charge is 2.25. The Labute approximate surface area is 106 Å². The van der Waals surface area contributed by atoms with Gasteiger partial charge in [-0.3, -0.25) is 0 Å². The number of hydrogen-bond donors (Lipinski definition) is 3. The standard InChI is InChI=1S/C14H19N3O/c15-8-11(9-3-1-2-4-9)10-5-6-12-13(7-10)17-14(18)16-12/h5-7,9,11H,1-4,8,15H2,(H2,16,17,18). The molecule has 4 heteroatoms. The Balaban J connectivity index is 1.98. The second-order valence-corrected chi connectivity index (χ2v) is 5.27. The fraction of sp³-hybridized carbons (Fsp3) is 0.500. The van der Waals surface area contributed by atoms with Crippen LogP contribution in [-0.2, 0) is 0 Å². The summed E-state index contributed by atoms with van der Waals surface area (Å²) in [6.45, 7) is 0.685. The average molecular weight is 245 g/mol. The van der Waals surface area contributed by atoms with Crippen LogP contribution in [0.4, 0.5) is 0 Å². The van der Waals surface area contributed by atoms with Crippen LogP contribution in [0.25, 0.3) is 11.0 Å². The van der Waals surface area contributed by atoms with Crippen molar-refractivity contribution in [2.24, 2.45) is 11.7 Å². The van der Waals surface area contributed by atoms with E-state index in [0.717, 1.165) is 11.0 Å². The van der Waals surface area contributed by atoms with Gasteiger partial charge in [0, 0.05) is 0 Å². The van der Waals surface area contributed by atoms with Gasteiger partial charge in [-0.1, -0.05) is 18.9 Å². The zero-order valence-corrected chi connectivity index (χ0v) is 10.4. The van der Waals surface area contributed by atoms with Gasteiger partial charge in [-0.2, -0.15) is 0 Å². The molecule has 1 unspecified atom stereocenters. The van der Waals surface area contributed by atoms with Crippen LogP contribution in [0.15, 0.2) is 23.0 Å². The van der Waals surface area contributed by atoms with Crippen LogP contribution in [0, 0.1) is 5.92 Å². The fourth-order valence-electron chi connectivity index (χ4n) is 3.24. The van der Waals surface area contributed by atoms with Crippen molar-refractivity contribution >= 4 is 11.0 Å². The normalized spacial score (nSPS) is 18.5. The van der Waals surface area contributed by atoms with Crippen molar-refractivity contribution in [1.29, 1.82) is 0 Å². The molecule has 4 N–H and O–H groups in total. The minimum atomic E-state index is -0.146. The molecule has 96 valence electrons. The highest BCUT2D eigenvalue weighted by molar-refractivity contribution is 5.75. The fourth-order valence-corrected chi connectivity index (χ4v) is 3.24. The van der Waals surface area contributed by atoms with Crippen molar-refractivity contribution < 1.29 is 0 Å². The van der Waals surface area contributed by atoms with Gasteiger partial charge >= 0.3 is 5.69 Å². The van der Waals surface area contributed by atoms with Crippen LogP contribution in [0.3, 0.4) is 0 Å². The molecule has 1 saturated carbocycles. The third-order valence-corrected chi connectivity index (χ3v) is 4.19. The number of hydrogen-bond acceptors (Lipinski definition) is 2. The lowest BCUT2D eigenvalue weighted by Gasteiger charge is -2.22. The van der Waals surface area contributed by atoms with Crippen molar-refractivity contribution in [3.8, 4) is 0 Å². The molecule has 2 aromatic rings. The summed E-state index contributed by atoms with van der Waals surface area (Å²) in [7, 11) is 0. The predicted octanol–water partition coefficient (Wildman–Crippen LogP) is 2.09. The maximum Gasteiger partial charge on any atom is 0.323 e. The first-order valence-corrected chi connectivity index (χ1v) is 6.70. The second-order valence-electron chi connectivity index (χ2n) is 5.27. The van der Waals surface area contributed by atoms with Gasteiger partial charge in [0.2, 0.25) is 0 Å². The quantitative estimate of drug-likeness (QED) is 0.774. The summed E-state index contributed by atoms with van der Waals surface area (Å²) in [6, 6.07) is 6.14. The zero-order valence-electron chi connectivity index (χ0n) is 10.4. The topological polar surface area (TPSA) is 74.7 Å². The molecule has 0 amide bonds. The average Bonchev–Trinajstić information content (AvgIpc) is 2.97. The Morgan fingerprint density at radius 3 is 2.67 bits per heavy atom. The molecule has 4 nitrogen and oxygen atoms in total. The first kappa shape index (κ1) is 11.5. The van der Waals surface area contributed by atoms with Crippen molar-refractivity contribution in [2.75, 3.05) is 6.54 Å². The van der Waals surface area contributed by atoms with E-state index in [1.165, 1.54) is 31.2 Å². The molecule has 1 atom stereocenters. The number of benzene rings is 1. The van der Waals surface area contributed by atoms with E-state index >= 15 is 0 Å². The molecular weight excluding hydrogens is 226 g/mol. The van der Waals surface area contributed by atoms with Crippen LogP contribution in [0.5, 0.6) is 0 Å². The van der Waals surface area contributed by atoms with Crippen molar-refractivity contribution in [2.45, 2.75) is 31.6 Å². The molecule has 1 aliphatic carbocycles. The summed E-state index contributed by atoms with van der Waals surface area (Å²) in [5.74, 6) is 1.13. The smallest absolute Gasteiger partial charge is 0.323 e. The van der Waals surface area contributed by atoms with Gasteiger partial charge in [0.05, 0.1) is 11.0 Å². The highest BCUT2D eigenvalue weighted by atomic mass is 16.1. The van der Waals surface area contributed by atoms with Gasteiger partial charge in [0.25, 0.3) is 0 Å². The number of nitrogens with one attached hydrogen (secondary N) is 2. The van der Waals surface area contributed by atoms with E-state index in [2.05, 4.69) is 22.1 Å². The Hall–Kier alpha value is -1.55. The summed E-state index contributed by atoms with van der Waals surface area (Å²) in [4.78, 5) is 16.8. The molecule has 0 saturated heterocycles. The van der Waals surface area contributed by atoms with Crippen LogP contribution in [0.1, 0.15) is 37.2 Å². The molecule has 0 bridgehead atoms. The van der Waals surface area contributed by atoms with Gasteiger partial charge in [-0.15, -0.1) is 0 Å². The number of aromatic nitrogens is 2. The van der Waals surface area contributed by atoms with Crippen molar-refractivity contribution in [3.63, 3.8) is 0 Å². The number of H-pyrrole nitrogens is 2. The number of imidazole rings is 1. The SMILES string of the molecule is NCC(c1ccc2[nH]c(=O)[nH]c2c1)C1CCCC1. The van der Waals surface area contributed by atoms with Crippen LogP contribution < -0.4 is 11.4 Å². The van der Waals surface area contributed by atoms with Gasteiger partial charge in [0.15, 0.2) is 0 Å². The molecule has 0 radical (unpaired) electrons. The highest BCUT2D eigenvalue weighted by Crippen LogP contribution is 2.37. The molecular formula is C14H19N3O. The van der Waals surface area contributed by atoms with E-state index in [0.29, 0.717) is 18.4 Å². The third kappa shape index (κ3) is 1.97. The Kier molecular flexibility index (Phi) is 2.96. The summed E-state index contributed by atoms with van der Waals surface area (Å²) < 4.78 is 0. The molecule has 1 fully saturated rings. The van der Waals surface area contributed by atoms with Gasteiger partial charge in [0.1, 0.15) is 0 Å². The minimum Gasteiger partial charge on any atom is -0.330 e. The summed E-state index contributed by atoms with van der Waals surface area (Å²) >= 11 is 0. The number of aromatic amines is 2. The van der Waals surface area contributed by atoms with E-state index in [9.17, 15) is 4.79 Å². The van der Waals surface area contributed by atoms with E-state index in [4.69, 9.17) is 5.73 Å². The lowest BCUT2D eigenvalue weighted by atomic mass is 9.85. The summed E-state index contributed by atoms with van der Waals surface area (Å²) in [5.41, 5.74) is 8.81. The second kappa shape index (κ2) is 4.61. The summed E-state index contributed by atoms with van der Waals surface area (Å²) in [5, 5.41) is 0. The Morgan fingerprint density at radius 1 is 1.22 bits per heavy atom. The molecule has 1 aromatic heterocycles. The molecule has 1 heterocycles. The maximum atomic E-state index is 11.3. The zero-order chi connectivity index (χ0) is 12.5. The molecule has 18 heavy (non-hydrogen) atoms. The van der Waals surface area contributed by atoms with Crippen LogP contribution >= 0.6 is 0 Å². The predicted molar refractivity (Wildman–Crippen MR) is 72.7 cm³/mol. The van der Waals surface area contributed by atoms with Gasteiger partial charge < -0.3 is 15.7 Å². The monoisotopic (exact) mass is 245 g/mol. The van der Waals surface area contributed by atoms with Crippen LogP contribution in [0.2, 0.25) is 0 Å². The third-order valence-electron chi connectivity index (χ3n) is 4.19. The van der Waals surface area contributed by atoms with Crippen molar-refractivity contribution in [1.82, 2.24) is 9.97 Å². The van der Waals surface area contributed by atoms with E-state index in [-0.39, 0.29) is 5.69 Å². The lowest BCUT2D eigenvalue weighted by molar-refractivity contribution is 0.440. The number of fused-ring (bicyclic) bond motifs is 1. The first-order chi connectivity index (χ1) is 8.78. The molecule has 1 aromatic carbocycles. The van der Waals surface area contributed by atoms with E-state index in [1.54, 1.807) is 0 Å². The first-order valence-electron chi connectivity index (χ1n) is 6.70. The van der Waals surface area contributed by atoms with Crippen LogP contribution in [-0.4, -0.2) is 16.5 Å². The molecule has 0 spiro atoms. The minimum absolute atomic E-state index is 0.146. The van der Waals surface area contributed by atoms with Gasteiger partial charge in [-0.05, 0) is 48.9 Å². The largest absolute Gasteiger partial charge is 0.330 e. The Morgan fingerprint density at radius 2 is 1.94 bits per heavy atom. The molecule has 1 aliphatic rings. The van der Waals surface area contributed by atoms with Crippen molar-refractivity contribution in [3.05, 3.63) is 34.2 Å². The lowest BCUT2D eigenvalue weighted by Crippen LogP contribution is -2.19. The maximum absolute atomic E-state index is 11.3. The molecule has 0 aliphatic heterocycles. The van der Waals surface area contributed by atoms with E-state index < -0.39 is 0 Å². The van der Waals surface area contributed by atoms with Gasteiger partial charge in [-0.25, -0.2) is 4.79 Å². The number of nitrogens with two attached hydrogens (primary N) is 1. The summed E-state index contributed by atoms with van der Waals surface area (Å²) in [6.07, 6.45) is 5.21. The van der Waals surface area contributed by atoms with E-state index in [1.807, 2.05) is 6.07 Å². The number of rotatable bonds is 3.